The van der Waals surface area contributed by atoms with Crippen LogP contribution in [-0.2, 0) is 0 Å². The van der Waals surface area contributed by atoms with Gasteiger partial charge in [0.2, 0.25) is 0 Å². The Bertz CT molecular complexity index is 357. The number of aromatic amines is 1. The monoisotopic (exact) mass is 328 g/mol. The van der Waals surface area contributed by atoms with Crippen molar-refractivity contribution in [2.24, 2.45) is 0 Å². The topological polar surface area (TPSA) is 86.2 Å². The molecule has 0 saturated carbocycles. The molecule has 1 unspecified atom stereocenters. The second-order valence-electron chi connectivity index (χ2n) is 2.50. The Morgan fingerprint density at radius 3 is 3.07 bits per heavy atom. The summed E-state index contributed by atoms with van der Waals surface area (Å²) in [5.74, 6) is 0.322. The second-order valence-corrected chi connectivity index (χ2v) is 4.59. The van der Waals surface area contributed by atoms with E-state index in [-0.39, 0.29) is 12.2 Å². The predicted molar refractivity (Wildman–Crippen MR) is 61.4 cm³/mol. The van der Waals surface area contributed by atoms with Gasteiger partial charge in [0.25, 0.3) is 5.56 Å². The third kappa shape index (κ3) is 3.23. The Labute approximate surface area is 98.1 Å². The highest BCUT2D eigenvalue weighted by molar-refractivity contribution is 14.1. The normalized spacial score (nSPS) is 12.8. The van der Waals surface area contributed by atoms with Crippen molar-refractivity contribution in [3.63, 3.8) is 0 Å². The highest BCUT2D eigenvalue weighted by Gasteiger charge is 2.08. The fourth-order valence-electron chi connectivity index (χ4n) is 0.695. The highest BCUT2D eigenvalue weighted by Crippen LogP contribution is 2.18. The molecule has 0 fully saturated rings. The van der Waals surface area contributed by atoms with E-state index < -0.39 is 6.10 Å². The number of hydrogen-bond donors (Lipinski definition) is 3. The first-order valence-electron chi connectivity index (χ1n) is 3.80. The molecular formula is C7H9IN2O3S. The van der Waals surface area contributed by atoms with E-state index in [2.05, 4.69) is 9.97 Å². The zero-order chi connectivity index (χ0) is 10.6. The Morgan fingerprint density at radius 2 is 2.43 bits per heavy atom. The number of hydrogen-bond acceptors (Lipinski definition) is 5. The van der Waals surface area contributed by atoms with Crippen LogP contribution in [0, 0.1) is 3.57 Å². The van der Waals surface area contributed by atoms with Gasteiger partial charge in [0.15, 0.2) is 0 Å². The van der Waals surface area contributed by atoms with E-state index in [0.29, 0.717) is 14.3 Å². The summed E-state index contributed by atoms with van der Waals surface area (Å²) < 4.78 is 0.500. The molecule has 0 spiro atoms. The van der Waals surface area contributed by atoms with E-state index in [0.717, 1.165) is 0 Å². The zero-order valence-corrected chi connectivity index (χ0v) is 10.1. The van der Waals surface area contributed by atoms with Gasteiger partial charge in [0.1, 0.15) is 8.60 Å². The van der Waals surface area contributed by atoms with Gasteiger partial charge in [-0.1, -0.05) is 0 Å². The summed E-state index contributed by atoms with van der Waals surface area (Å²) in [5.41, 5.74) is -0.193. The van der Waals surface area contributed by atoms with E-state index in [1.54, 1.807) is 0 Å². The van der Waals surface area contributed by atoms with Gasteiger partial charge < -0.3 is 15.2 Å². The molecule has 0 radical (unpaired) electrons. The molecule has 0 aliphatic heterocycles. The number of nitrogens with one attached hydrogen (secondary N) is 1. The van der Waals surface area contributed by atoms with Crippen molar-refractivity contribution in [1.29, 1.82) is 0 Å². The number of halogens is 1. The third-order valence-electron chi connectivity index (χ3n) is 1.39. The molecule has 7 heteroatoms. The van der Waals surface area contributed by atoms with Gasteiger partial charge in [-0.15, -0.1) is 11.8 Å². The summed E-state index contributed by atoms with van der Waals surface area (Å²) in [4.78, 5) is 17.5. The molecule has 1 aromatic heterocycles. The fourth-order valence-corrected chi connectivity index (χ4v) is 2.26. The molecule has 0 aliphatic rings. The second kappa shape index (κ2) is 5.69. The van der Waals surface area contributed by atoms with Crippen LogP contribution in [0.4, 0.5) is 0 Å². The lowest BCUT2D eigenvalue weighted by Crippen LogP contribution is -2.16. The molecule has 1 aromatic rings. The average Bonchev–Trinajstić information content (AvgIpc) is 2.20. The Kier molecular flexibility index (Phi) is 4.85. The maximum absolute atomic E-state index is 11.1. The van der Waals surface area contributed by atoms with Crippen molar-refractivity contribution in [2.45, 2.75) is 11.1 Å². The molecule has 1 rings (SSSR count). The van der Waals surface area contributed by atoms with Crippen molar-refractivity contribution < 1.29 is 10.2 Å². The van der Waals surface area contributed by atoms with Crippen molar-refractivity contribution in [3.05, 3.63) is 20.3 Å². The fraction of sp³-hybridized carbons (Fsp3) is 0.429. The third-order valence-corrected chi connectivity index (χ3v) is 3.89. The van der Waals surface area contributed by atoms with Gasteiger partial charge in [-0.25, -0.2) is 4.98 Å². The molecule has 0 amide bonds. The van der Waals surface area contributed by atoms with Gasteiger partial charge in [0.05, 0.1) is 19.0 Å². The summed E-state index contributed by atoms with van der Waals surface area (Å²) in [6, 6.07) is 0. The maximum atomic E-state index is 11.1. The molecule has 0 saturated heterocycles. The SMILES string of the molecule is O=c1[nH]cnc(SCC(O)CO)c1I. The minimum atomic E-state index is -0.781. The molecule has 3 N–H and O–H groups in total. The number of thioether (sulfide) groups is 1. The summed E-state index contributed by atoms with van der Waals surface area (Å²) in [5, 5.41) is 18.2. The molecule has 5 nitrogen and oxygen atoms in total. The Morgan fingerprint density at radius 1 is 1.71 bits per heavy atom. The van der Waals surface area contributed by atoms with E-state index in [9.17, 15) is 4.79 Å². The lowest BCUT2D eigenvalue weighted by molar-refractivity contribution is 0.113. The van der Waals surface area contributed by atoms with Crippen LogP contribution in [0.25, 0.3) is 0 Å². The van der Waals surface area contributed by atoms with Crippen molar-refractivity contribution >= 4 is 34.4 Å². The molecule has 0 aromatic carbocycles. The average molecular weight is 328 g/mol. The Hall–Kier alpha value is -0.120. The van der Waals surface area contributed by atoms with Crippen molar-refractivity contribution in [3.8, 4) is 0 Å². The summed E-state index contributed by atoms with van der Waals surface area (Å²) in [6.45, 7) is -0.285. The molecule has 1 atom stereocenters. The van der Waals surface area contributed by atoms with Crippen LogP contribution in [-0.4, -0.2) is 38.6 Å². The number of H-pyrrole nitrogens is 1. The first-order valence-corrected chi connectivity index (χ1v) is 5.86. The lowest BCUT2D eigenvalue weighted by atomic mass is 10.4. The largest absolute Gasteiger partial charge is 0.394 e. The summed E-state index contributed by atoms with van der Waals surface area (Å²) in [7, 11) is 0. The Balaban J connectivity index is 2.68. The maximum Gasteiger partial charge on any atom is 0.265 e. The standard InChI is InChI=1S/C7H9IN2O3S/c8-5-6(13)9-3-10-7(5)14-2-4(12)1-11/h3-4,11-12H,1-2H2,(H,9,10,13). The van der Waals surface area contributed by atoms with Gasteiger partial charge in [-0.2, -0.15) is 0 Å². The van der Waals surface area contributed by atoms with E-state index in [1.807, 2.05) is 22.6 Å². The summed E-state index contributed by atoms with van der Waals surface area (Å²) in [6.07, 6.45) is 0.537. The van der Waals surface area contributed by atoms with Crippen LogP contribution in [0.5, 0.6) is 0 Å². The van der Waals surface area contributed by atoms with E-state index >= 15 is 0 Å². The van der Waals surface area contributed by atoms with Crippen LogP contribution in [0.3, 0.4) is 0 Å². The van der Waals surface area contributed by atoms with Crippen LogP contribution in [0.1, 0.15) is 0 Å². The van der Waals surface area contributed by atoms with Gasteiger partial charge in [0, 0.05) is 5.75 Å². The number of nitrogens with zero attached hydrogens (tertiary/aromatic N) is 1. The smallest absolute Gasteiger partial charge is 0.265 e. The number of aromatic nitrogens is 2. The van der Waals surface area contributed by atoms with Crippen LogP contribution < -0.4 is 5.56 Å². The lowest BCUT2D eigenvalue weighted by Gasteiger charge is -2.06. The van der Waals surface area contributed by atoms with Crippen LogP contribution in [0.2, 0.25) is 0 Å². The van der Waals surface area contributed by atoms with Crippen molar-refractivity contribution in [2.75, 3.05) is 12.4 Å². The van der Waals surface area contributed by atoms with Gasteiger partial charge >= 0.3 is 0 Å². The number of rotatable bonds is 4. The van der Waals surface area contributed by atoms with Crippen LogP contribution >= 0.6 is 34.4 Å². The van der Waals surface area contributed by atoms with Gasteiger partial charge in [-0.3, -0.25) is 4.79 Å². The number of aliphatic hydroxyl groups excluding tert-OH is 2. The molecule has 0 bridgehead atoms. The predicted octanol–water partition coefficient (Wildman–Crippen LogP) is -0.180. The first-order chi connectivity index (χ1) is 6.65. The van der Waals surface area contributed by atoms with Gasteiger partial charge in [-0.05, 0) is 22.6 Å². The highest BCUT2D eigenvalue weighted by atomic mass is 127. The first kappa shape index (κ1) is 12.0. The molecule has 1 heterocycles. The molecular weight excluding hydrogens is 319 g/mol. The zero-order valence-electron chi connectivity index (χ0n) is 7.11. The molecule has 0 aliphatic carbocycles. The number of aliphatic hydroxyl groups is 2. The minimum absolute atomic E-state index is 0.193. The van der Waals surface area contributed by atoms with E-state index in [1.165, 1.54) is 18.1 Å². The van der Waals surface area contributed by atoms with Crippen LogP contribution in [0.15, 0.2) is 16.1 Å². The summed E-state index contributed by atoms with van der Waals surface area (Å²) >= 11 is 3.14. The van der Waals surface area contributed by atoms with Crippen molar-refractivity contribution in [1.82, 2.24) is 9.97 Å². The van der Waals surface area contributed by atoms with E-state index in [4.69, 9.17) is 10.2 Å². The molecule has 14 heavy (non-hydrogen) atoms. The molecule has 78 valence electrons. The minimum Gasteiger partial charge on any atom is -0.394 e. The quantitative estimate of drug-likeness (QED) is 0.406.